The van der Waals surface area contributed by atoms with Crippen LogP contribution in [0.4, 0.5) is 0 Å². The van der Waals surface area contributed by atoms with E-state index in [0.29, 0.717) is 5.41 Å². The van der Waals surface area contributed by atoms with Crippen molar-refractivity contribution in [1.82, 2.24) is 5.32 Å². The molecule has 2 heterocycles. The molecule has 0 aliphatic carbocycles. The molecule has 20 heavy (non-hydrogen) atoms. The van der Waals surface area contributed by atoms with Gasteiger partial charge in [-0.05, 0) is 70.1 Å². The molecule has 2 saturated heterocycles. The van der Waals surface area contributed by atoms with Gasteiger partial charge in [0.15, 0.2) is 0 Å². The van der Waals surface area contributed by atoms with Crippen molar-refractivity contribution < 1.29 is 4.74 Å². The summed E-state index contributed by atoms with van der Waals surface area (Å²) >= 11 is 2.08. The lowest BCUT2D eigenvalue weighted by atomic mass is 9.68. The van der Waals surface area contributed by atoms with E-state index in [1.165, 1.54) is 37.2 Å². The molecule has 3 heteroatoms. The van der Waals surface area contributed by atoms with Gasteiger partial charge in [-0.15, -0.1) is 0 Å². The normalized spacial score (nSPS) is 31.9. The molecule has 118 valence electrons. The van der Waals surface area contributed by atoms with E-state index < -0.39 is 0 Å². The van der Waals surface area contributed by atoms with Crippen molar-refractivity contribution in [1.29, 1.82) is 0 Å². The van der Waals surface area contributed by atoms with E-state index in [2.05, 4.69) is 51.7 Å². The summed E-state index contributed by atoms with van der Waals surface area (Å²) in [5.74, 6) is 3.33. The Morgan fingerprint density at radius 3 is 2.60 bits per heavy atom. The molecule has 2 nitrogen and oxygen atoms in total. The predicted octanol–water partition coefficient (Wildman–Crippen LogP) is 4.09. The van der Waals surface area contributed by atoms with Gasteiger partial charge in [-0.25, -0.2) is 0 Å². The molecule has 0 aromatic rings. The van der Waals surface area contributed by atoms with Crippen LogP contribution in [0.2, 0.25) is 0 Å². The maximum absolute atomic E-state index is 6.17. The maximum atomic E-state index is 6.17. The Morgan fingerprint density at radius 1 is 1.25 bits per heavy atom. The van der Waals surface area contributed by atoms with Crippen LogP contribution in [0, 0.1) is 11.3 Å². The Morgan fingerprint density at radius 2 is 2.00 bits per heavy atom. The molecule has 1 N–H and O–H groups in total. The molecule has 0 radical (unpaired) electrons. The van der Waals surface area contributed by atoms with Gasteiger partial charge < -0.3 is 10.1 Å². The molecule has 0 aromatic carbocycles. The van der Waals surface area contributed by atoms with Gasteiger partial charge in [-0.3, -0.25) is 0 Å². The number of nitrogens with one attached hydrogen (secondary N) is 1. The second-order valence-electron chi connectivity index (χ2n) is 8.44. The molecular weight excluding hydrogens is 266 g/mol. The Bertz CT molecular complexity index is 315. The summed E-state index contributed by atoms with van der Waals surface area (Å²) in [6.45, 7) is 13.8. The van der Waals surface area contributed by atoms with Gasteiger partial charge in [-0.2, -0.15) is 11.8 Å². The van der Waals surface area contributed by atoms with Crippen LogP contribution in [0.15, 0.2) is 0 Å². The highest BCUT2D eigenvalue weighted by atomic mass is 32.2. The van der Waals surface area contributed by atoms with E-state index in [1.807, 2.05) is 0 Å². The zero-order valence-electron chi connectivity index (χ0n) is 14.1. The third-order valence-electron chi connectivity index (χ3n) is 5.09. The van der Waals surface area contributed by atoms with Crippen molar-refractivity contribution in [3.8, 4) is 0 Å². The molecule has 0 amide bonds. The number of thioether (sulfide) groups is 1. The zero-order valence-corrected chi connectivity index (χ0v) is 14.9. The van der Waals surface area contributed by atoms with Gasteiger partial charge in [0.05, 0.1) is 5.60 Å². The summed E-state index contributed by atoms with van der Waals surface area (Å²) in [6, 6.07) is 0. The van der Waals surface area contributed by atoms with E-state index in [-0.39, 0.29) is 11.1 Å². The smallest absolute Gasteiger partial charge is 0.0783 e. The lowest BCUT2D eigenvalue weighted by Crippen LogP contribution is -2.45. The third kappa shape index (κ3) is 4.38. The van der Waals surface area contributed by atoms with E-state index in [9.17, 15) is 0 Å². The van der Waals surface area contributed by atoms with E-state index in [1.54, 1.807) is 0 Å². The molecule has 0 saturated carbocycles. The quantitative estimate of drug-likeness (QED) is 0.844. The zero-order chi connectivity index (χ0) is 14.9. The largest absolute Gasteiger partial charge is 0.374 e. The summed E-state index contributed by atoms with van der Waals surface area (Å²) < 4.78 is 6.17. The average Bonchev–Trinajstić information content (AvgIpc) is 2.75. The van der Waals surface area contributed by atoms with Crippen molar-refractivity contribution >= 4 is 11.8 Å². The molecule has 2 aliphatic heterocycles. The summed E-state index contributed by atoms with van der Waals surface area (Å²) in [6.07, 6.45) is 5.06. The number of hydrogen-bond donors (Lipinski definition) is 1. The minimum absolute atomic E-state index is 0.225. The van der Waals surface area contributed by atoms with E-state index in [0.717, 1.165) is 19.1 Å². The fourth-order valence-corrected chi connectivity index (χ4v) is 4.90. The highest BCUT2D eigenvalue weighted by molar-refractivity contribution is 7.99. The van der Waals surface area contributed by atoms with Gasteiger partial charge in [0.2, 0.25) is 0 Å². The van der Waals surface area contributed by atoms with Gasteiger partial charge >= 0.3 is 0 Å². The fourth-order valence-electron chi connectivity index (χ4n) is 3.52. The Balaban J connectivity index is 1.88. The van der Waals surface area contributed by atoms with Crippen LogP contribution in [-0.4, -0.2) is 35.8 Å². The molecule has 2 aliphatic rings. The van der Waals surface area contributed by atoms with Crippen LogP contribution in [0.25, 0.3) is 0 Å². The fraction of sp³-hybridized carbons (Fsp3) is 1.00. The first-order valence-corrected chi connectivity index (χ1v) is 9.35. The molecular formula is C17H33NOS. The Labute approximate surface area is 129 Å². The molecule has 2 fully saturated rings. The van der Waals surface area contributed by atoms with Gasteiger partial charge in [0.1, 0.15) is 0 Å². The van der Waals surface area contributed by atoms with Crippen molar-refractivity contribution in [2.75, 3.05) is 24.7 Å². The monoisotopic (exact) mass is 299 g/mol. The number of hydrogen-bond acceptors (Lipinski definition) is 3. The van der Waals surface area contributed by atoms with Gasteiger partial charge in [0.25, 0.3) is 0 Å². The summed E-state index contributed by atoms with van der Waals surface area (Å²) in [5, 5.41) is 3.64. The predicted molar refractivity (Wildman–Crippen MR) is 89.5 cm³/mol. The maximum Gasteiger partial charge on any atom is 0.0783 e. The van der Waals surface area contributed by atoms with Crippen molar-refractivity contribution in [3.05, 3.63) is 0 Å². The van der Waals surface area contributed by atoms with Crippen molar-refractivity contribution in [2.24, 2.45) is 11.3 Å². The van der Waals surface area contributed by atoms with Gasteiger partial charge in [0, 0.05) is 17.9 Å². The molecule has 2 atom stereocenters. The second kappa shape index (κ2) is 6.18. The SMILES string of the molecule is CC(C)(C)NCCC(C)(C)C1CCOC2(CCSC2)C1. The lowest BCUT2D eigenvalue weighted by Gasteiger charge is -2.45. The molecule has 0 aromatic heterocycles. The lowest BCUT2D eigenvalue weighted by molar-refractivity contribution is -0.101. The Hall–Kier alpha value is 0.270. The summed E-state index contributed by atoms with van der Waals surface area (Å²) in [7, 11) is 0. The summed E-state index contributed by atoms with van der Waals surface area (Å²) in [5.41, 5.74) is 0.875. The van der Waals surface area contributed by atoms with Crippen molar-refractivity contribution in [3.63, 3.8) is 0 Å². The molecule has 0 bridgehead atoms. The van der Waals surface area contributed by atoms with Crippen LogP contribution in [0.1, 0.15) is 60.3 Å². The number of rotatable bonds is 4. The first-order chi connectivity index (χ1) is 9.23. The summed E-state index contributed by atoms with van der Waals surface area (Å²) in [4.78, 5) is 0. The molecule has 2 rings (SSSR count). The van der Waals surface area contributed by atoms with Gasteiger partial charge in [-0.1, -0.05) is 13.8 Å². The molecule has 1 spiro atoms. The van der Waals surface area contributed by atoms with E-state index >= 15 is 0 Å². The highest BCUT2D eigenvalue weighted by Crippen LogP contribution is 2.46. The number of ether oxygens (including phenoxy) is 1. The Kier molecular flexibility index (Phi) is 5.14. The highest BCUT2D eigenvalue weighted by Gasteiger charge is 2.44. The van der Waals surface area contributed by atoms with Crippen molar-refractivity contribution in [2.45, 2.75) is 71.4 Å². The van der Waals surface area contributed by atoms with E-state index in [4.69, 9.17) is 4.74 Å². The van der Waals surface area contributed by atoms with Crippen LogP contribution in [-0.2, 0) is 4.74 Å². The standard InChI is InChI=1S/C17H33NOS/c1-15(2,3)18-9-7-16(4,5)14-6-10-19-17(12-14)8-11-20-13-17/h14,18H,6-13H2,1-5H3. The second-order valence-corrected chi connectivity index (χ2v) is 9.54. The first kappa shape index (κ1) is 16.6. The third-order valence-corrected chi connectivity index (χ3v) is 6.31. The van der Waals surface area contributed by atoms with Crippen LogP contribution in [0.3, 0.4) is 0 Å². The van der Waals surface area contributed by atoms with Crippen LogP contribution in [0.5, 0.6) is 0 Å². The topological polar surface area (TPSA) is 21.3 Å². The minimum Gasteiger partial charge on any atom is -0.374 e. The minimum atomic E-state index is 0.225. The average molecular weight is 300 g/mol. The molecule has 2 unspecified atom stereocenters. The van der Waals surface area contributed by atoms with Crippen LogP contribution < -0.4 is 5.32 Å². The first-order valence-electron chi connectivity index (χ1n) is 8.19. The van der Waals surface area contributed by atoms with Crippen LogP contribution >= 0.6 is 11.8 Å².